The van der Waals surface area contributed by atoms with E-state index in [0.29, 0.717) is 35.2 Å². The Balaban J connectivity index is 1.43. The molecule has 10 heteroatoms. The van der Waals surface area contributed by atoms with Gasteiger partial charge in [-0.05, 0) is 48.7 Å². The van der Waals surface area contributed by atoms with Gasteiger partial charge >= 0.3 is 6.03 Å². The van der Waals surface area contributed by atoms with Crippen LogP contribution in [0.25, 0.3) is 11.4 Å². The normalized spacial score (nSPS) is 19.5. The molecule has 3 amide bonds. The maximum absolute atomic E-state index is 13.5. The molecule has 2 aromatic carbocycles. The quantitative estimate of drug-likeness (QED) is 0.500. The molecular formula is C24H22N4O5S. The molecule has 2 atom stereocenters. The Bertz CT molecular complexity index is 1240. The van der Waals surface area contributed by atoms with Gasteiger partial charge in [0.25, 0.3) is 5.91 Å². The van der Waals surface area contributed by atoms with Crippen LogP contribution in [0.3, 0.4) is 0 Å². The zero-order valence-electron chi connectivity index (χ0n) is 18.6. The van der Waals surface area contributed by atoms with Crippen molar-refractivity contribution in [2.75, 3.05) is 18.6 Å². The molecular weight excluding hydrogens is 456 g/mol. The first-order valence-corrected chi connectivity index (χ1v) is 11.7. The summed E-state index contributed by atoms with van der Waals surface area (Å²) in [5.74, 6) is 1.67. The van der Waals surface area contributed by atoms with Crippen LogP contribution in [0.4, 0.5) is 10.5 Å². The number of amides is 3. The largest absolute Gasteiger partial charge is 0.497 e. The van der Waals surface area contributed by atoms with Crippen molar-refractivity contribution in [2.24, 2.45) is 0 Å². The molecule has 0 saturated carbocycles. The molecule has 0 spiro atoms. The molecule has 2 unspecified atom stereocenters. The fraction of sp³-hybridized carbons (Fsp3) is 0.250. The maximum atomic E-state index is 13.5. The Hall–Kier alpha value is -3.79. The number of thioether (sulfide) groups is 1. The van der Waals surface area contributed by atoms with Crippen molar-refractivity contribution in [3.8, 4) is 22.9 Å². The zero-order valence-corrected chi connectivity index (χ0v) is 19.4. The number of aromatic nitrogens is 2. The Kier molecular flexibility index (Phi) is 5.97. The van der Waals surface area contributed by atoms with Gasteiger partial charge in [0.2, 0.25) is 11.7 Å². The van der Waals surface area contributed by atoms with Crippen LogP contribution in [0, 0.1) is 0 Å². The molecule has 0 radical (unpaired) electrons. The Morgan fingerprint density at radius 2 is 1.91 bits per heavy atom. The van der Waals surface area contributed by atoms with Crippen molar-refractivity contribution < 1.29 is 23.6 Å². The highest BCUT2D eigenvalue weighted by molar-refractivity contribution is 8.03. The lowest BCUT2D eigenvalue weighted by Crippen LogP contribution is -2.61. The third-order valence-electron chi connectivity index (χ3n) is 5.60. The van der Waals surface area contributed by atoms with Crippen LogP contribution in [0.1, 0.15) is 12.8 Å². The SMILES string of the molecule is CCOc1ccccc1-c1noc(CN2C(=O)N(c3ccc(OC)cc3)C(=O)C3SC=CC32)n1. The first-order valence-electron chi connectivity index (χ1n) is 10.8. The van der Waals surface area contributed by atoms with E-state index in [9.17, 15) is 9.59 Å². The molecule has 0 aliphatic carbocycles. The highest BCUT2D eigenvalue weighted by Gasteiger charge is 2.48. The van der Waals surface area contributed by atoms with Crippen molar-refractivity contribution in [1.29, 1.82) is 0 Å². The third-order valence-corrected chi connectivity index (χ3v) is 6.69. The fourth-order valence-corrected chi connectivity index (χ4v) is 5.03. The summed E-state index contributed by atoms with van der Waals surface area (Å²) in [6.45, 7) is 2.47. The first kappa shape index (κ1) is 22.0. The van der Waals surface area contributed by atoms with Crippen LogP contribution in [0.15, 0.2) is 64.5 Å². The number of para-hydroxylation sites is 1. The first-order chi connectivity index (χ1) is 16.6. The number of fused-ring (bicyclic) bond motifs is 1. The van der Waals surface area contributed by atoms with E-state index in [0.717, 1.165) is 0 Å². The number of anilines is 1. The van der Waals surface area contributed by atoms with E-state index in [1.807, 2.05) is 42.7 Å². The summed E-state index contributed by atoms with van der Waals surface area (Å²) < 4.78 is 16.3. The van der Waals surface area contributed by atoms with E-state index < -0.39 is 17.3 Å². The van der Waals surface area contributed by atoms with Gasteiger partial charge in [-0.15, -0.1) is 11.8 Å². The van der Waals surface area contributed by atoms with Crippen molar-refractivity contribution >= 4 is 29.4 Å². The molecule has 2 aliphatic rings. The molecule has 1 saturated heterocycles. The summed E-state index contributed by atoms with van der Waals surface area (Å²) in [5, 5.41) is 5.50. The predicted molar refractivity (Wildman–Crippen MR) is 127 cm³/mol. The average Bonchev–Trinajstić information content (AvgIpc) is 3.53. The molecule has 0 bridgehead atoms. The summed E-state index contributed by atoms with van der Waals surface area (Å²) in [4.78, 5) is 34.0. The van der Waals surface area contributed by atoms with Gasteiger partial charge in [0.1, 0.15) is 23.3 Å². The Labute approximate surface area is 200 Å². The number of nitrogens with zero attached hydrogens (tertiary/aromatic N) is 4. The minimum atomic E-state index is -0.446. The smallest absolute Gasteiger partial charge is 0.332 e. The molecule has 174 valence electrons. The van der Waals surface area contributed by atoms with Crippen LogP contribution in [-0.2, 0) is 11.3 Å². The molecule has 5 rings (SSSR count). The lowest BCUT2D eigenvalue weighted by atomic mass is 10.1. The van der Waals surface area contributed by atoms with Crippen LogP contribution < -0.4 is 14.4 Å². The summed E-state index contributed by atoms with van der Waals surface area (Å²) >= 11 is 1.39. The Morgan fingerprint density at radius 3 is 2.68 bits per heavy atom. The number of rotatable bonds is 7. The van der Waals surface area contributed by atoms with E-state index in [1.54, 1.807) is 36.3 Å². The van der Waals surface area contributed by atoms with Crippen LogP contribution in [-0.4, -0.2) is 52.0 Å². The van der Waals surface area contributed by atoms with Crippen molar-refractivity contribution in [1.82, 2.24) is 15.0 Å². The molecule has 9 nitrogen and oxygen atoms in total. The minimum Gasteiger partial charge on any atom is -0.497 e. The summed E-state index contributed by atoms with van der Waals surface area (Å²) in [5.41, 5.74) is 1.18. The second-order valence-corrected chi connectivity index (χ2v) is 8.65. The zero-order chi connectivity index (χ0) is 23.7. The highest BCUT2D eigenvalue weighted by Crippen LogP contribution is 2.37. The molecule has 2 aliphatic heterocycles. The van der Waals surface area contributed by atoms with E-state index in [1.165, 1.54) is 16.7 Å². The van der Waals surface area contributed by atoms with Gasteiger partial charge in [-0.25, -0.2) is 9.69 Å². The topological polar surface area (TPSA) is 98.0 Å². The van der Waals surface area contributed by atoms with Crippen LogP contribution in [0.5, 0.6) is 11.5 Å². The van der Waals surface area contributed by atoms with Gasteiger partial charge < -0.3 is 18.9 Å². The molecule has 3 heterocycles. The molecule has 3 aromatic rings. The van der Waals surface area contributed by atoms with Gasteiger partial charge in [0.15, 0.2) is 0 Å². The van der Waals surface area contributed by atoms with Gasteiger partial charge in [-0.2, -0.15) is 4.98 Å². The van der Waals surface area contributed by atoms with Crippen molar-refractivity contribution in [3.05, 3.63) is 65.9 Å². The standard InChI is InChI=1S/C24H22N4O5S/c1-3-32-19-7-5-4-6-17(19)22-25-20(33-26-22)14-27-18-12-13-34-21(18)23(29)28(24(27)30)15-8-10-16(31-2)11-9-15/h4-13,18,21H,3,14H2,1-2H3. The lowest BCUT2D eigenvalue weighted by Gasteiger charge is -2.40. The maximum Gasteiger partial charge on any atom is 0.332 e. The number of hydrogen-bond acceptors (Lipinski definition) is 8. The number of carbonyl (C=O) groups is 2. The number of imide groups is 1. The number of ether oxygens (including phenoxy) is 2. The van der Waals surface area contributed by atoms with E-state index >= 15 is 0 Å². The van der Waals surface area contributed by atoms with E-state index in [2.05, 4.69) is 10.1 Å². The van der Waals surface area contributed by atoms with Crippen molar-refractivity contribution in [3.63, 3.8) is 0 Å². The third kappa shape index (κ3) is 3.90. The highest BCUT2D eigenvalue weighted by atomic mass is 32.2. The van der Waals surface area contributed by atoms with E-state index in [-0.39, 0.29) is 18.3 Å². The second kappa shape index (κ2) is 9.22. The van der Waals surface area contributed by atoms with Crippen molar-refractivity contribution in [2.45, 2.75) is 24.8 Å². The molecule has 1 fully saturated rings. The average molecular weight is 479 g/mol. The van der Waals surface area contributed by atoms with Crippen LogP contribution in [0.2, 0.25) is 0 Å². The number of carbonyl (C=O) groups excluding carboxylic acids is 2. The monoisotopic (exact) mass is 478 g/mol. The number of urea groups is 1. The molecule has 34 heavy (non-hydrogen) atoms. The summed E-state index contributed by atoms with van der Waals surface area (Å²) in [6, 6.07) is 13.4. The predicted octanol–water partition coefficient (Wildman–Crippen LogP) is 4.11. The summed E-state index contributed by atoms with van der Waals surface area (Å²) in [6.07, 6.45) is 1.86. The van der Waals surface area contributed by atoms with Gasteiger partial charge in [0, 0.05) is 0 Å². The van der Waals surface area contributed by atoms with Gasteiger partial charge in [-0.3, -0.25) is 4.79 Å². The molecule has 1 aromatic heterocycles. The van der Waals surface area contributed by atoms with E-state index in [4.69, 9.17) is 14.0 Å². The second-order valence-electron chi connectivity index (χ2n) is 7.60. The minimum absolute atomic E-state index is 0.0641. The number of benzene rings is 2. The van der Waals surface area contributed by atoms with Crippen LogP contribution >= 0.6 is 11.8 Å². The van der Waals surface area contributed by atoms with Gasteiger partial charge in [-0.1, -0.05) is 23.4 Å². The molecule has 0 N–H and O–H groups in total. The number of hydrogen-bond donors (Lipinski definition) is 0. The Morgan fingerprint density at radius 1 is 1.12 bits per heavy atom. The number of methoxy groups -OCH3 is 1. The fourth-order valence-electron chi connectivity index (χ4n) is 3.99. The lowest BCUT2D eigenvalue weighted by molar-refractivity contribution is -0.119. The van der Waals surface area contributed by atoms with Gasteiger partial charge in [0.05, 0.1) is 31.0 Å². The summed E-state index contributed by atoms with van der Waals surface area (Å²) in [7, 11) is 1.56.